The van der Waals surface area contributed by atoms with E-state index in [0.29, 0.717) is 22.4 Å². The maximum Gasteiger partial charge on any atom is 0.355 e. The van der Waals surface area contributed by atoms with Crippen LogP contribution in [0.5, 0.6) is 0 Å². The highest BCUT2D eigenvalue weighted by molar-refractivity contribution is 6.02. The predicted molar refractivity (Wildman–Crippen MR) is 86.1 cm³/mol. The number of benzene rings is 1. The molecule has 120 valence electrons. The molecule has 0 fully saturated rings. The van der Waals surface area contributed by atoms with Gasteiger partial charge in [0, 0.05) is 16.8 Å². The van der Waals surface area contributed by atoms with E-state index in [9.17, 15) is 14.4 Å². The normalized spacial score (nSPS) is 10.4. The maximum atomic E-state index is 12.1. The van der Waals surface area contributed by atoms with Crippen LogP contribution in [0.2, 0.25) is 0 Å². The van der Waals surface area contributed by atoms with Crippen molar-refractivity contribution < 1.29 is 19.1 Å². The third-order valence-electron chi connectivity index (χ3n) is 3.70. The standard InChI is InChI=1S/C18H19NO4/c1-10-5-7-14(8-6-10)15(21)9-23-18(22)17-11(2)16(13(4)20)12(3)19-17/h5-8,19H,9H2,1-4H3. The molecule has 0 unspecified atom stereocenters. The molecule has 23 heavy (non-hydrogen) atoms. The summed E-state index contributed by atoms with van der Waals surface area (Å²) in [5.74, 6) is -1.03. The lowest BCUT2D eigenvalue weighted by molar-refractivity contribution is 0.0468. The molecule has 0 spiro atoms. The molecule has 0 saturated carbocycles. The second-order valence-corrected chi connectivity index (χ2v) is 5.55. The minimum atomic E-state index is -0.640. The molecule has 0 aliphatic carbocycles. The number of Topliss-reactive ketones (excluding diaryl/α,β-unsaturated/α-hetero) is 2. The Labute approximate surface area is 134 Å². The number of aryl methyl sites for hydroxylation is 2. The van der Waals surface area contributed by atoms with E-state index in [2.05, 4.69) is 4.98 Å². The van der Waals surface area contributed by atoms with Crippen LogP contribution in [-0.4, -0.2) is 29.1 Å². The fourth-order valence-corrected chi connectivity index (χ4v) is 2.51. The zero-order valence-electron chi connectivity index (χ0n) is 13.6. The van der Waals surface area contributed by atoms with Crippen LogP contribution in [0.25, 0.3) is 0 Å². The lowest BCUT2D eigenvalue weighted by Crippen LogP contribution is -2.15. The largest absolute Gasteiger partial charge is 0.453 e. The molecule has 2 aromatic rings. The van der Waals surface area contributed by atoms with E-state index in [4.69, 9.17) is 4.74 Å². The van der Waals surface area contributed by atoms with Crippen LogP contribution >= 0.6 is 0 Å². The van der Waals surface area contributed by atoms with Gasteiger partial charge >= 0.3 is 5.97 Å². The summed E-state index contributed by atoms with van der Waals surface area (Å²) < 4.78 is 5.07. The Hall–Kier alpha value is -2.69. The maximum absolute atomic E-state index is 12.1. The number of esters is 1. The number of carbonyl (C=O) groups excluding carboxylic acids is 3. The van der Waals surface area contributed by atoms with Crippen LogP contribution in [0.4, 0.5) is 0 Å². The molecule has 0 bridgehead atoms. The molecule has 0 saturated heterocycles. The van der Waals surface area contributed by atoms with Crippen molar-refractivity contribution in [1.29, 1.82) is 0 Å². The molecule has 0 aliphatic heterocycles. The summed E-state index contributed by atoms with van der Waals surface area (Å²) in [5.41, 5.74) is 3.40. The molecule has 0 aliphatic rings. The van der Waals surface area contributed by atoms with Gasteiger partial charge in [-0.3, -0.25) is 9.59 Å². The number of hydrogen-bond acceptors (Lipinski definition) is 4. The van der Waals surface area contributed by atoms with Crippen molar-refractivity contribution in [3.8, 4) is 0 Å². The Morgan fingerprint density at radius 2 is 1.65 bits per heavy atom. The van der Waals surface area contributed by atoms with Gasteiger partial charge in [-0.15, -0.1) is 0 Å². The highest BCUT2D eigenvalue weighted by Crippen LogP contribution is 2.19. The number of carbonyl (C=O) groups is 3. The average Bonchev–Trinajstić information content (AvgIpc) is 2.80. The molecular formula is C18H19NO4. The first-order valence-electron chi connectivity index (χ1n) is 7.28. The van der Waals surface area contributed by atoms with Gasteiger partial charge in [0.05, 0.1) is 0 Å². The summed E-state index contributed by atoms with van der Waals surface area (Å²) in [4.78, 5) is 38.6. The van der Waals surface area contributed by atoms with Crippen molar-refractivity contribution in [3.63, 3.8) is 0 Å². The van der Waals surface area contributed by atoms with Gasteiger partial charge in [0.15, 0.2) is 18.2 Å². The zero-order valence-corrected chi connectivity index (χ0v) is 13.6. The van der Waals surface area contributed by atoms with Crippen molar-refractivity contribution >= 4 is 17.5 Å². The van der Waals surface area contributed by atoms with E-state index in [0.717, 1.165) is 5.56 Å². The molecule has 2 rings (SSSR count). The summed E-state index contributed by atoms with van der Waals surface area (Å²) in [6.45, 7) is 6.43. The molecule has 5 nitrogen and oxygen atoms in total. The van der Waals surface area contributed by atoms with Crippen LogP contribution in [0.3, 0.4) is 0 Å². The van der Waals surface area contributed by atoms with Gasteiger partial charge in [-0.1, -0.05) is 29.8 Å². The van der Waals surface area contributed by atoms with Gasteiger partial charge in [0.1, 0.15) is 5.69 Å². The summed E-state index contributed by atoms with van der Waals surface area (Å²) in [5, 5.41) is 0. The average molecular weight is 313 g/mol. The number of ketones is 2. The first-order chi connectivity index (χ1) is 10.8. The van der Waals surface area contributed by atoms with Crippen molar-refractivity contribution in [3.05, 3.63) is 57.9 Å². The summed E-state index contributed by atoms with van der Waals surface area (Å²) in [7, 11) is 0. The van der Waals surface area contributed by atoms with Crippen LogP contribution in [0.1, 0.15) is 54.9 Å². The van der Waals surface area contributed by atoms with E-state index in [1.54, 1.807) is 26.0 Å². The van der Waals surface area contributed by atoms with E-state index in [1.165, 1.54) is 6.92 Å². The van der Waals surface area contributed by atoms with Gasteiger partial charge in [0.2, 0.25) is 0 Å². The molecule has 0 amide bonds. The van der Waals surface area contributed by atoms with Gasteiger partial charge in [-0.2, -0.15) is 0 Å². The minimum Gasteiger partial charge on any atom is -0.453 e. The third kappa shape index (κ3) is 3.56. The van der Waals surface area contributed by atoms with E-state index >= 15 is 0 Å². The number of ether oxygens (including phenoxy) is 1. The fourth-order valence-electron chi connectivity index (χ4n) is 2.51. The summed E-state index contributed by atoms with van der Waals surface area (Å²) in [6, 6.07) is 7.05. The number of rotatable bonds is 5. The first-order valence-corrected chi connectivity index (χ1v) is 7.28. The summed E-state index contributed by atoms with van der Waals surface area (Å²) in [6.07, 6.45) is 0. The Morgan fingerprint density at radius 3 is 2.17 bits per heavy atom. The Kier molecular flexibility index (Phi) is 4.79. The van der Waals surface area contributed by atoms with Gasteiger partial charge in [-0.25, -0.2) is 4.79 Å². The molecule has 1 aromatic heterocycles. The molecule has 1 N–H and O–H groups in total. The number of H-pyrrole nitrogens is 1. The predicted octanol–water partition coefficient (Wildman–Crippen LogP) is 3.18. The quantitative estimate of drug-likeness (QED) is 0.679. The van der Waals surface area contributed by atoms with Crippen molar-refractivity contribution in [1.82, 2.24) is 4.98 Å². The zero-order chi connectivity index (χ0) is 17.1. The highest BCUT2D eigenvalue weighted by Gasteiger charge is 2.21. The molecule has 1 heterocycles. The number of aromatic nitrogens is 1. The van der Waals surface area contributed by atoms with Crippen LogP contribution in [-0.2, 0) is 4.74 Å². The van der Waals surface area contributed by atoms with E-state index < -0.39 is 5.97 Å². The van der Waals surface area contributed by atoms with E-state index in [-0.39, 0.29) is 23.9 Å². The lowest BCUT2D eigenvalue weighted by Gasteiger charge is -2.04. The smallest absolute Gasteiger partial charge is 0.355 e. The molecule has 0 atom stereocenters. The number of aromatic amines is 1. The highest BCUT2D eigenvalue weighted by atomic mass is 16.5. The second kappa shape index (κ2) is 6.60. The second-order valence-electron chi connectivity index (χ2n) is 5.55. The lowest BCUT2D eigenvalue weighted by atomic mass is 10.1. The Balaban J connectivity index is 2.08. The van der Waals surface area contributed by atoms with Gasteiger partial charge < -0.3 is 9.72 Å². The van der Waals surface area contributed by atoms with Crippen molar-refractivity contribution in [2.24, 2.45) is 0 Å². The SMILES string of the molecule is CC(=O)c1c(C)[nH]c(C(=O)OCC(=O)c2ccc(C)cc2)c1C. The van der Waals surface area contributed by atoms with E-state index in [1.807, 2.05) is 19.1 Å². The van der Waals surface area contributed by atoms with Gasteiger partial charge in [0.25, 0.3) is 0 Å². The summed E-state index contributed by atoms with van der Waals surface area (Å²) >= 11 is 0. The van der Waals surface area contributed by atoms with Crippen molar-refractivity contribution in [2.45, 2.75) is 27.7 Å². The Morgan fingerprint density at radius 1 is 1.04 bits per heavy atom. The molecule has 1 aromatic carbocycles. The van der Waals surface area contributed by atoms with Crippen molar-refractivity contribution in [2.75, 3.05) is 6.61 Å². The topological polar surface area (TPSA) is 76.2 Å². The van der Waals surface area contributed by atoms with Gasteiger partial charge in [-0.05, 0) is 33.3 Å². The van der Waals surface area contributed by atoms with Crippen LogP contribution in [0, 0.1) is 20.8 Å². The van der Waals surface area contributed by atoms with Crippen LogP contribution in [0.15, 0.2) is 24.3 Å². The molecule has 5 heteroatoms. The monoisotopic (exact) mass is 313 g/mol. The molecule has 0 radical (unpaired) electrons. The third-order valence-corrected chi connectivity index (χ3v) is 3.70. The first kappa shape index (κ1) is 16.7. The number of nitrogens with one attached hydrogen (secondary N) is 1. The Bertz CT molecular complexity index is 769. The van der Waals surface area contributed by atoms with Crippen LogP contribution < -0.4 is 0 Å². The number of hydrogen-bond donors (Lipinski definition) is 1. The fraction of sp³-hybridized carbons (Fsp3) is 0.278. The molecular weight excluding hydrogens is 294 g/mol. The minimum absolute atomic E-state index is 0.119.